The summed E-state index contributed by atoms with van der Waals surface area (Å²) in [6, 6.07) is 5.92. The average Bonchev–Trinajstić information content (AvgIpc) is 3.92. The molecule has 3 N–H and O–H groups in total. The Bertz CT molecular complexity index is 1600. The van der Waals surface area contributed by atoms with E-state index in [0.717, 1.165) is 36.8 Å². The van der Waals surface area contributed by atoms with Crippen molar-refractivity contribution in [2.24, 2.45) is 11.8 Å². The van der Waals surface area contributed by atoms with Gasteiger partial charge in [0, 0.05) is 26.1 Å². The minimum atomic E-state index is -3.85. The fourth-order valence-corrected chi connectivity index (χ4v) is 9.14. The number of hydrogen-bond donors (Lipinski definition) is 3. The van der Waals surface area contributed by atoms with Crippen LogP contribution in [0.5, 0.6) is 0 Å². The molecule has 0 aromatic heterocycles. The van der Waals surface area contributed by atoms with Crippen LogP contribution in [0.15, 0.2) is 24.3 Å². The van der Waals surface area contributed by atoms with Crippen LogP contribution < -0.4 is 15.4 Å². The van der Waals surface area contributed by atoms with Crippen molar-refractivity contribution in [1.29, 1.82) is 0 Å². The lowest BCUT2D eigenvalue weighted by Gasteiger charge is -2.30. The Morgan fingerprint density at radius 2 is 1.60 bits per heavy atom. The predicted octanol–water partition coefficient (Wildman–Crippen LogP) is 3.26. The van der Waals surface area contributed by atoms with E-state index in [9.17, 15) is 32.4 Å². The van der Waals surface area contributed by atoms with Crippen LogP contribution in [-0.4, -0.2) is 83.0 Å². The van der Waals surface area contributed by atoms with Gasteiger partial charge in [-0.15, -0.1) is 0 Å². The third-order valence-corrected chi connectivity index (χ3v) is 12.5. The zero-order valence-corrected chi connectivity index (χ0v) is 30.2. The molecule has 5 aliphatic rings. The van der Waals surface area contributed by atoms with Crippen LogP contribution >= 0.6 is 0 Å². The summed E-state index contributed by atoms with van der Waals surface area (Å²) in [5.41, 5.74) is 0.0117. The lowest BCUT2D eigenvalue weighted by molar-refractivity contribution is -0.141. The maximum Gasteiger partial charge on any atom is 0.408 e. The number of carbonyl (C=O) groups is 5. The first-order valence-electron chi connectivity index (χ1n) is 18.2. The van der Waals surface area contributed by atoms with Gasteiger partial charge in [-0.2, -0.15) is 0 Å². The van der Waals surface area contributed by atoms with Gasteiger partial charge >= 0.3 is 6.09 Å². The number of ether oxygens (including phenoxy) is 1. The topological polar surface area (TPSA) is 171 Å². The van der Waals surface area contributed by atoms with Crippen LogP contribution in [-0.2, 0) is 47.0 Å². The molecular formula is C36H51N5O8S. The van der Waals surface area contributed by atoms with Crippen molar-refractivity contribution in [3.05, 3.63) is 35.4 Å². The fraction of sp³-hybridized carbons (Fsp3) is 0.694. The largest absolute Gasteiger partial charge is 0.444 e. The number of rotatable bonds is 6. The van der Waals surface area contributed by atoms with Crippen LogP contribution in [0.4, 0.5) is 4.79 Å². The van der Waals surface area contributed by atoms with E-state index in [1.165, 1.54) is 4.90 Å². The summed E-state index contributed by atoms with van der Waals surface area (Å²) in [5, 5.41) is 5.07. The lowest BCUT2D eigenvalue weighted by atomic mass is 10.00. The molecule has 0 radical (unpaired) electrons. The van der Waals surface area contributed by atoms with Crippen LogP contribution in [0.3, 0.4) is 0 Å². The van der Waals surface area contributed by atoms with E-state index in [-0.39, 0.29) is 37.1 Å². The summed E-state index contributed by atoms with van der Waals surface area (Å²) in [4.78, 5) is 71.9. The van der Waals surface area contributed by atoms with Gasteiger partial charge in [0.25, 0.3) is 5.91 Å². The van der Waals surface area contributed by atoms with Gasteiger partial charge in [0.2, 0.25) is 27.7 Å². The monoisotopic (exact) mass is 713 g/mol. The maximum atomic E-state index is 14.3. The first-order valence-corrected chi connectivity index (χ1v) is 19.7. The number of sulfonamides is 1. The van der Waals surface area contributed by atoms with E-state index in [1.54, 1.807) is 25.7 Å². The number of amides is 5. The molecule has 2 saturated heterocycles. The second-order valence-corrected chi connectivity index (χ2v) is 17.9. The van der Waals surface area contributed by atoms with Gasteiger partial charge in [0.05, 0.1) is 5.25 Å². The van der Waals surface area contributed by atoms with Gasteiger partial charge in [-0.1, -0.05) is 56.4 Å². The highest BCUT2D eigenvalue weighted by Gasteiger charge is 2.62. The van der Waals surface area contributed by atoms with E-state index in [2.05, 4.69) is 15.4 Å². The van der Waals surface area contributed by atoms with E-state index in [1.807, 2.05) is 24.3 Å². The van der Waals surface area contributed by atoms with Crippen molar-refractivity contribution in [1.82, 2.24) is 25.2 Å². The fourth-order valence-electron chi connectivity index (χ4n) is 7.78. The summed E-state index contributed by atoms with van der Waals surface area (Å²) < 4.78 is 33.3. The molecular weight excluding hydrogens is 662 g/mol. The molecule has 2 aliphatic carbocycles. The van der Waals surface area contributed by atoms with Gasteiger partial charge in [-0.25, -0.2) is 13.2 Å². The molecule has 13 nitrogen and oxygen atoms in total. The zero-order valence-electron chi connectivity index (χ0n) is 29.4. The number of alkyl carbamates (subject to hydrolysis) is 1. The molecule has 14 heteroatoms. The number of hydrogen-bond acceptors (Lipinski definition) is 8. The smallest absolute Gasteiger partial charge is 0.408 e. The van der Waals surface area contributed by atoms with Crippen molar-refractivity contribution >= 4 is 39.7 Å². The highest BCUT2D eigenvalue weighted by molar-refractivity contribution is 7.91. The number of nitrogens with zero attached hydrogens (tertiary/aromatic N) is 2. The second kappa shape index (κ2) is 14.1. The van der Waals surface area contributed by atoms with Gasteiger partial charge in [0.1, 0.15) is 23.2 Å². The van der Waals surface area contributed by atoms with Crippen molar-refractivity contribution in [3.8, 4) is 0 Å². The molecule has 1 aromatic carbocycles. The highest BCUT2D eigenvalue weighted by atomic mass is 32.2. The molecule has 0 bridgehead atoms. The highest BCUT2D eigenvalue weighted by Crippen LogP contribution is 2.48. The summed E-state index contributed by atoms with van der Waals surface area (Å²) in [6.45, 7) is 6.32. The molecule has 274 valence electrons. The standard InChI is InChI=1S/C36H51N5O8S/c1-35(2,3)49-34(46)37-28-14-8-6-4-5-7-13-26-19-36(26,33(45)39-50(47,48)27-15-16-27)38-31(43)29-17-23(20-41(29)32(28)44)18-30(42)40-21-24-11-9-10-12-25(24)22-40/h9-12,23,26-29H,4-8,13-22H2,1-3H3,(H,37,46)(H,38,43)(H,39,45)/t23-,26+,28-,29-,36+/m0/s1. The van der Waals surface area contributed by atoms with Crippen LogP contribution in [0.25, 0.3) is 0 Å². The minimum Gasteiger partial charge on any atom is -0.444 e. The quantitative estimate of drug-likeness (QED) is 0.403. The zero-order chi connectivity index (χ0) is 35.8. The molecule has 50 heavy (non-hydrogen) atoms. The second-order valence-electron chi connectivity index (χ2n) is 15.9. The van der Waals surface area contributed by atoms with Crippen molar-refractivity contribution in [2.45, 2.75) is 139 Å². The number of fused-ring (bicyclic) bond motifs is 3. The van der Waals surface area contributed by atoms with Crippen molar-refractivity contribution < 1.29 is 37.1 Å². The Morgan fingerprint density at radius 3 is 2.24 bits per heavy atom. The Kier molecular flexibility index (Phi) is 10.2. The van der Waals surface area contributed by atoms with Crippen molar-refractivity contribution in [2.75, 3.05) is 6.54 Å². The molecule has 3 heterocycles. The van der Waals surface area contributed by atoms with Gasteiger partial charge in [-0.3, -0.25) is 23.9 Å². The summed E-state index contributed by atoms with van der Waals surface area (Å²) >= 11 is 0. The molecule has 0 unspecified atom stereocenters. The number of nitrogens with one attached hydrogen (secondary N) is 3. The Labute approximate surface area is 294 Å². The minimum absolute atomic E-state index is 0.0754. The predicted molar refractivity (Wildman–Crippen MR) is 183 cm³/mol. The number of benzene rings is 1. The van der Waals surface area contributed by atoms with E-state index in [4.69, 9.17) is 4.74 Å². The van der Waals surface area contributed by atoms with E-state index < -0.39 is 62.3 Å². The molecule has 0 spiro atoms. The summed E-state index contributed by atoms with van der Waals surface area (Å²) in [6.07, 6.45) is 5.96. The molecule has 3 aliphatic heterocycles. The van der Waals surface area contributed by atoms with Crippen LogP contribution in [0.1, 0.15) is 109 Å². The van der Waals surface area contributed by atoms with E-state index >= 15 is 0 Å². The summed E-state index contributed by atoms with van der Waals surface area (Å²) in [5.74, 6) is -2.39. The Balaban J connectivity index is 1.24. The molecule has 5 atom stereocenters. The lowest BCUT2D eigenvalue weighted by Crippen LogP contribution is -2.58. The average molecular weight is 714 g/mol. The number of carbonyl (C=O) groups excluding carboxylic acids is 5. The molecule has 1 aromatic rings. The maximum absolute atomic E-state index is 14.3. The normalized spacial score (nSPS) is 29.0. The third kappa shape index (κ3) is 8.26. The Hall–Kier alpha value is -3.68. The van der Waals surface area contributed by atoms with Gasteiger partial charge in [0.15, 0.2) is 0 Å². The van der Waals surface area contributed by atoms with Gasteiger partial charge in [-0.05, 0) is 82.3 Å². The van der Waals surface area contributed by atoms with Crippen LogP contribution in [0.2, 0.25) is 0 Å². The molecule has 5 amide bonds. The first kappa shape index (κ1) is 36.1. The van der Waals surface area contributed by atoms with Crippen LogP contribution in [0, 0.1) is 11.8 Å². The Morgan fingerprint density at radius 1 is 0.960 bits per heavy atom. The molecule has 6 rings (SSSR count). The molecule has 2 saturated carbocycles. The first-order chi connectivity index (χ1) is 23.6. The third-order valence-electron chi connectivity index (χ3n) is 10.7. The summed E-state index contributed by atoms with van der Waals surface area (Å²) in [7, 11) is -3.85. The SMILES string of the molecule is CC(C)(C)OC(=O)N[C@H]1CCCCCCC[C@@H]2C[C@@]2(C(=O)NS(=O)(=O)C2CC2)NC(=O)[C@@H]2C[C@@H](CC(=O)N3Cc4ccccc4C3)CN2C1=O. The molecule has 4 fully saturated rings. The van der Waals surface area contributed by atoms with E-state index in [0.29, 0.717) is 51.6 Å². The van der Waals surface area contributed by atoms with Gasteiger partial charge < -0.3 is 25.2 Å². The van der Waals surface area contributed by atoms with Crippen molar-refractivity contribution in [3.63, 3.8) is 0 Å².